The van der Waals surface area contributed by atoms with Crippen molar-refractivity contribution in [2.45, 2.75) is 0 Å². The summed E-state index contributed by atoms with van der Waals surface area (Å²) in [4.78, 5) is 2.74. The summed E-state index contributed by atoms with van der Waals surface area (Å²) in [5, 5.41) is 2.57. The van der Waals surface area contributed by atoms with Crippen molar-refractivity contribution in [1.29, 1.82) is 0 Å². The van der Waals surface area contributed by atoms with Gasteiger partial charge in [0.05, 0.1) is 0 Å². The van der Waals surface area contributed by atoms with Crippen LogP contribution in [0.5, 0.6) is 0 Å². The van der Waals surface area contributed by atoms with E-state index in [1.165, 1.54) is 15.2 Å². The predicted molar refractivity (Wildman–Crippen MR) is 58.2 cm³/mol. The van der Waals surface area contributed by atoms with Gasteiger partial charge in [-0.3, -0.25) is 0 Å². The van der Waals surface area contributed by atoms with Crippen molar-refractivity contribution in [3.63, 3.8) is 0 Å². The fraction of sp³-hybridized carbons (Fsp3) is 0. The van der Waals surface area contributed by atoms with Crippen LogP contribution >= 0.6 is 0 Å². The van der Waals surface area contributed by atoms with Gasteiger partial charge in [0, 0.05) is 0 Å². The first-order valence-electron chi connectivity index (χ1n) is 4.02. The van der Waals surface area contributed by atoms with Crippen molar-refractivity contribution in [2.75, 3.05) is 0 Å². The Hall–Kier alpha value is -1.22. The SMILES string of the molecule is C#C[Se]c1cccc2ccccc12. The van der Waals surface area contributed by atoms with Gasteiger partial charge in [0.25, 0.3) is 0 Å². The van der Waals surface area contributed by atoms with Crippen molar-refractivity contribution in [3.05, 3.63) is 42.5 Å². The van der Waals surface area contributed by atoms with Crippen molar-refractivity contribution >= 4 is 30.2 Å². The van der Waals surface area contributed by atoms with E-state index in [-0.39, 0.29) is 15.0 Å². The second-order valence-corrected chi connectivity index (χ2v) is 4.54. The van der Waals surface area contributed by atoms with E-state index in [1.54, 1.807) is 0 Å². The van der Waals surface area contributed by atoms with Gasteiger partial charge in [-0.25, -0.2) is 0 Å². The summed E-state index contributed by atoms with van der Waals surface area (Å²) in [7, 11) is 0. The van der Waals surface area contributed by atoms with Crippen LogP contribution in [-0.2, 0) is 0 Å². The van der Waals surface area contributed by atoms with Crippen LogP contribution in [0.2, 0.25) is 0 Å². The molecule has 0 bridgehead atoms. The number of benzene rings is 2. The summed E-state index contributed by atoms with van der Waals surface area (Å²) in [6.07, 6.45) is 5.33. The average Bonchev–Trinajstić information content (AvgIpc) is 2.19. The minimum atomic E-state index is 0.168. The molecule has 0 radical (unpaired) electrons. The third kappa shape index (κ3) is 1.60. The van der Waals surface area contributed by atoms with E-state index in [9.17, 15) is 0 Å². The van der Waals surface area contributed by atoms with Gasteiger partial charge in [-0.05, 0) is 0 Å². The Balaban J connectivity index is 2.70. The number of hydrogen-bond acceptors (Lipinski definition) is 0. The zero-order valence-electron chi connectivity index (χ0n) is 7.03. The topological polar surface area (TPSA) is 0 Å². The summed E-state index contributed by atoms with van der Waals surface area (Å²) in [6.45, 7) is 0. The van der Waals surface area contributed by atoms with Crippen LogP contribution < -0.4 is 4.46 Å². The molecule has 0 aliphatic heterocycles. The van der Waals surface area contributed by atoms with Gasteiger partial charge in [-0.1, -0.05) is 0 Å². The molecule has 13 heavy (non-hydrogen) atoms. The molecule has 2 rings (SSSR count). The molecule has 2 aromatic carbocycles. The third-order valence-electron chi connectivity index (χ3n) is 1.92. The molecule has 0 amide bonds. The fourth-order valence-electron chi connectivity index (χ4n) is 1.35. The Morgan fingerprint density at radius 2 is 1.77 bits per heavy atom. The van der Waals surface area contributed by atoms with Crippen LogP contribution in [0.1, 0.15) is 0 Å². The Bertz CT molecular complexity index is 461. The summed E-state index contributed by atoms with van der Waals surface area (Å²) < 4.78 is 1.30. The second kappa shape index (κ2) is 3.66. The molecule has 2 aromatic rings. The van der Waals surface area contributed by atoms with E-state index >= 15 is 0 Å². The molecule has 0 heterocycles. The Morgan fingerprint density at radius 3 is 2.62 bits per heavy atom. The maximum atomic E-state index is 5.33. The van der Waals surface area contributed by atoms with Gasteiger partial charge in [-0.15, -0.1) is 0 Å². The van der Waals surface area contributed by atoms with E-state index in [1.807, 2.05) is 0 Å². The van der Waals surface area contributed by atoms with Crippen LogP contribution in [-0.4, -0.2) is 15.0 Å². The van der Waals surface area contributed by atoms with Crippen molar-refractivity contribution in [3.8, 4) is 11.2 Å². The zero-order chi connectivity index (χ0) is 9.10. The molecule has 0 aliphatic carbocycles. The summed E-state index contributed by atoms with van der Waals surface area (Å²) >= 11 is 0.168. The van der Waals surface area contributed by atoms with Crippen LogP contribution in [0.4, 0.5) is 0 Å². The van der Waals surface area contributed by atoms with E-state index in [4.69, 9.17) is 6.42 Å². The summed E-state index contributed by atoms with van der Waals surface area (Å²) in [5.74, 6) is 0. The molecular formula is C12H8Se. The first-order valence-corrected chi connectivity index (χ1v) is 5.73. The van der Waals surface area contributed by atoms with Crippen LogP contribution in [0, 0.1) is 11.2 Å². The molecule has 0 aromatic heterocycles. The Morgan fingerprint density at radius 1 is 1.00 bits per heavy atom. The van der Waals surface area contributed by atoms with Crippen LogP contribution in [0.25, 0.3) is 10.8 Å². The number of hydrogen-bond donors (Lipinski definition) is 0. The molecule has 0 fully saturated rings. The first-order chi connectivity index (χ1) is 6.42. The predicted octanol–water partition coefficient (Wildman–Crippen LogP) is 1.76. The number of fused-ring (bicyclic) bond motifs is 1. The number of rotatable bonds is 1. The molecule has 0 aliphatic rings. The van der Waals surface area contributed by atoms with Gasteiger partial charge < -0.3 is 0 Å². The molecule has 0 saturated heterocycles. The van der Waals surface area contributed by atoms with Crippen molar-refractivity contribution < 1.29 is 0 Å². The quantitative estimate of drug-likeness (QED) is 0.518. The Labute approximate surface area is 84.1 Å². The zero-order valence-corrected chi connectivity index (χ0v) is 8.74. The van der Waals surface area contributed by atoms with E-state index < -0.39 is 0 Å². The van der Waals surface area contributed by atoms with Gasteiger partial charge >= 0.3 is 83.9 Å². The maximum absolute atomic E-state index is 5.33. The molecule has 0 spiro atoms. The van der Waals surface area contributed by atoms with E-state index in [2.05, 4.69) is 47.3 Å². The van der Waals surface area contributed by atoms with E-state index in [0.29, 0.717) is 0 Å². The molecule has 0 atom stereocenters. The normalized spacial score (nSPS) is 9.77. The first kappa shape index (κ1) is 8.38. The molecule has 62 valence electrons. The molecule has 0 saturated carbocycles. The molecule has 1 heteroatoms. The monoisotopic (exact) mass is 232 g/mol. The van der Waals surface area contributed by atoms with Crippen molar-refractivity contribution in [1.82, 2.24) is 0 Å². The summed E-state index contributed by atoms with van der Waals surface area (Å²) in [5.41, 5.74) is 0. The van der Waals surface area contributed by atoms with Crippen molar-refractivity contribution in [2.24, 2.45) is 0 Å². The standard InChI is InChI=1S/C12H8Se/c1-2-13-12-9-5-7-10-6-3-4-8-11(10)12/h1,3-9H. The molecule has 0 N–H and O–H groups in total. The average molecular weight is 231 g/mol. The van der Waals surface area contributed by atoms with Gasteiger partial charge in [0.15, 0.2) is 0 Å². The third-order valence-corrected chi connectivity index (χ3v) is 3.37. The Kier molecular flexibility index (Phi) is 2.36. The number of terminal acetylenes is 1. The fourth-order valence-corrected chi connectivity index (χ4v) is 2.54. The van der Waals surface area contributed by atoms with Gasteiger partial charge in [-0.2, -0.15) is 0 Å². The second-order valence-electron chi connectivity index (χ2n) is 2.70. The minimum absolute atomic E-state index is 0.168. The van der Waals surface area contributed by atoms with Crippen LogP contribution in [0.3, 0.4) is 0 Å². The van der Waals surface area contributed by atoms with Crippen LogP contribution in [0.15, 0.2) is 42.5 Å². The van der Waals surface area contributed by atoms with Gasteiger partial charge in [0.2, 0.25) is 0 Å². The van der Waals surface area contributed by atoms with E-state index in [0.717, 1.165) is 0 Å². The molecule has 0 nitrogen and oxygen atoms in total. The molecular weight excluding hydrogens is 223 g/mol. The van der Waals surface area contributed by atoms with Gasteiger partial charge in [0.1, 0.15) is 0 Å². The molecule has 0 unspecified atom stereocenters. The summed E-state index contributed by atoms with van der Waals surface area (Å²) in [6, 6.07) is 14.6.